The van der Waals surface area contributed by atoms with E-state index in [-0.39, 0.29) is 5.84 Å². The minimum absolute atomic E-state index is 0.0781. The van der Waals surface area contributed by atoms with Crippen LogP contribution in [-0.4, -0.2) is 26.0 Å². The Hall–Kier alpha value is -1.89. The zero-order valence-corrected chi connectivity index (χ0v) is 10.4. The first-order valence-electron chi connectivity index (χ1n) is 5.64. The predicted octanol–water partition coefficient (Wildman–Crippen LogP) is 1.44. The third kappa shape index (κ3) is 2.21. The van der Waals surface area contributed by atoms with Gasteiger partial charge in [-0.1, -0.05) is 12.1 Å². The lowest BCUT2D eigenvalue weighted by Gasteiger charge is -2.03. The van der Waals surface area contributed by atoms with Crippen molar-refractivity contribution < 1.29 is 0 Å². The fraction of sp³-hybridized carbons (Fsp3) is 0.273. The van der Waals surface area contributed by atoms with E-state index in [1.807, 2.05) is 28.9 Å². The van der Waals surface area contributed by atoms with E-state index in [4.69, 9.17) is 11.1 Å². The number of hydrogen-bond donors (Lipinski definition) is 2. The van der Waals surface area contributed by atoms with Gasteiger partial charge in [0.2, 0.25) is 5.16 Å². The molecule has 6 nitrogen and oxygen atoms in total. The molecule has 3 N–H and O–H groups in total. The number of rotatable bonds is 4. The molecule has 1 saturated carbocycles. The number of benzene rings is 1. The van der Waals surface area contributed by atoms with Gasteiger partial charge in [-0.3, -0.25) is 5.41 Å². The summed E-state index contributed by atoms with van der Waals surface area (Å²) in [4.78, 5) is 1.04. The normalized spacial score (nSPS) is 14.7. The first-order valence-corrected chi connectivity index (χ1v) is 6.46. The van der Waals surface area contributed by atoms with Gasteiger partial charge in [0.05, 0.1) is 6.04 Å². The smallest absolute Gasteiger partial charge is 0.214 e. The third-order valence-corrected chi connectivity index (χ3v) is 3.69. The minimum Gasteiger partial charge on any atom is -0.384 e. The van der Waals surface area contributed by atoms with E-state index < -0.39 is 0 Å². The van der Waals surface area contributed by atoms with E-state index in [0.29, 0.717) is 6.04 Å². The summed E-state index contributed by atoms with van der Waals surface area (Å²) in [5, 5.41) is 19.9. The summed E-state index contributed by atoms with van der Waals surface area (Å²) in [6, 6.07) is 7.98. The van der Waals surface area contributed by atoms with Crippen molar-refractivity contribution in [1.82, 2.24) is 20.2 Å². The summed E-state index contributed by atoms with van der Waals surface area (Å²) < 4.78 is 1.88. The fourth-order valence-corrected chi connectivity index (χ4v) is 2.45. The van der Waals surface area contributed by atoms with Crippen molar-refractivity contribution >= 4 is 17.6 Å². The maximum atomic E-state index is 7.34. The zero-order valence-electron chi connectivity index (χ0n) is 9.58. The minimum atomic E-state index is 0.0781. The fourth-order valence-electron chi connectivity index (χ4n) is 1.61. The molecule has 3 rings (SSSR count). The van der Waals surface area contributed by atoms with Crippen molar-refractivity contribution in [2.45, 2.75) is 28.9 Å². The lowest BCUT2D eigenvalue weighted by atomic mass is 10.2. The Labute approximate surface area is 108 Å². The second-order valence-electron chi connectivity index (χ2n) is 4.18. The molecule has 2 aromatic rings. The Morgan fingerprint density at radius 3 is 2.67 bits per heavy atom. The van der Waals surface area contributed by atoms with Crippen molar-refractivity contribution in [2.75, 3.05) is 0 Å². The molecule has 0 radical (unpaired) electrons. The van der Waals surface area contributed by atoms with Crippen LogP contribution in [0, 0.1) is 5.41 Å². The van der Waals surface area contributed by atoms with Crippen molar-refractivity contribution in [2.24, 2.45) is 5.73 Å². The van der Waals surface area contributed by atoms with Crippen LogP contribution in [0.25, 0.3) is 0 Å². The van der Waals surface area contributed by atoms with Crippen LogP contribution in [-0.2, 0) is 0 Å². The van der Waals surface area contributed by atoms with Crippen LogP contribution < -0.4 is 5.73 Å². The van der Waals surface area contributed by atoms with Crippen molar-refractivity contribution in [3.8, 4) is 0 Å². The molecule has 0 atom stereocenters. The number of amidine groups is 1. The van der Waals surface area contributed by atoms with Crippen molar-refractivity contribution in [3.05, 3.63) is 29.8 Å². The van der Waals surface area contributed by atoms with Gasteiger partial charge < -0.3 is 5.73 Å². The standard InChI is InChI=1S/C11H12N6S/c12-10(13)7-1-5-9(6-2-7)18-11-14-15-16-17(11)8-3-4-8/h1-2,5-6,8H,3-4H2,(H3,12,13). The Balaban J connectivity index is 1.79. The van der Waals surface area contributed by atoms with Gasteiger partial charge in [-0.25, -0.2) is 4.68 Å². The first kappa shape index (κ1) is 11.2. The van der Waals surface area contributed by atoms with E-state index in [9.17, 15) is 0 Å². The molecule has 0 saturated heterocycles. The number of nitrogens with one attached hydrogen (secondary N) is 1. The monoisotopic (exact) mass is 260 g/mol. The number of nitrogens with zero attached hydrogens (tertiary/aromatic N) is 4. The van der Waals surface area contributed by atoms with Gasteiger partial charge in [0.1, 0.15) is 5.84 Å². The second kappa shape index (κ2) is 4.41. The molecule has 92 valence electrons. The number of tetrazole rings is 1. The summed E-state index contributed by atoms with van der Waals surface area (Å²) in [5.74, 6) is 0.0781. The Morgan fingerprint density at radius 2 is 2.06 bits per heavy atom. The van der Waals surface area contributed by atoms with Gasteiger partial charge in [-0.15, -0.1) is 5.10 Å². The van der Waals surface area contributed by atoms with Gasteiger partial charge in [0, 0.05) is 10.5 Å². The van der Waals surface area contributed by atoms with Crippen LogP contribution in [0.1, 0.15) is 24.4 Å². The molecule has 0 spiro atoms. The van der Waals surface area contributed by atoms with Gasteiger partial charge in [-0.2, -0.15) is 0 Å². The molecular formula is C11H12N6S. The largest absolute Gasteiger partial charge is 0.384 e. The van der Waals surface area contributed by atoms with E-state index in [0.717, 1.165) is 28.5 Å². The maximum absolute atomic E-state index is 7.34. The number of nitrogen functional groups attached to an aromatic ring is 1. The number of nitrogens with two attached hydrogens (primary N) is 1. The zero-order chi connectivity index (χ0) is 12.5. The van der Waals surface area contributed by atoms with Crippen molar-refractivity contribution in [3.63, 3.8) is 0 Å². The molecule has 18 heavy (non-hydrogen) atoms. The van der Waals surface area contributed by atoms with Gasteiger partial charge >= 0.3 is 0 Å². The molecule has 1 aliphatic rings. The van der Waals surface area contributed by atoms with Gasteiger partial charge in [0.25, 0.3) is 0 Å². The van der Waals surface area contributed by atoms with Crippen LogP contribution in [0.3, 0.4) is 0 Å². The molecular weight excluding hydrogens is 248 g/mol. The van der Waals surface area contributed by atoms with E-state index in [1.54, 1.807) is 0 Å². The Morgan fingerprint density at radius 1 is 1.33 bits per heavy atom. The number of aromatic nitrogens is 4. The van der Waals surface area contributed by atoms with Crippen LogP contribution in [0.15, 0.2) is 34.3 Å². The van der Waals surface area contributed by atoms with Gasteiger partial charge in [0.15, 0.2) is 0 Å². The summed E-state index contributed by atoms with van der Waals surface area (Å²) in [7, 11) is 0. The predicted molar refractivity (Wildman–Crippen MR) is 67.7 cm³/mol. The Bertz CT molecular complexity index is 571. The second-order valence-corrected chi connectivity index (χ2v) is 5.22. The molecule has 0 bridgehead atoms. The van der Waals surface area contributed by atoms with E-state index in [1.165, 1.54) is 11.8 Å². The molecule has 1 aromatic carbocycles. The molecule has 0 aliphatic heterocycles. The lowest BCUT2D eigenvalue weighted by molar-refractivity contribution is 0.565. The van der Waals surface area contributed by atoms with E-state index >= 15 is 0 Å². The first-order chi connectivity index (χ1) is 8.74. The molecule has 7 heteroatoms. The summed E-state index contributed by atoms with van der Waals surface area (Å²) >= 11 is 1.53. The topological polar surface area (TPSA) is 93.5 Å². The lowest BCUT2D eigenvalue weighted by Crippen LogP contribution is -2.10. The highest BCUT2D eigenvalue weighted by atomic mass is 32.2. The average molecular weight is 260 g/mol. The quantitative estimate of drug-likeness (QED) is 0.641. The Kier molecular flexibility index (Phi) is 2.75. The average Bonchev–Trinajstić information content (AvgIpc) is 3.11. The summed E-state index contributed by atoms with van der Waals surface area (Å²) in [6.07, 6.45) is 2.31. The maximum Gasteiger partial charge on any atom is 0.214 e. The molecule has 0 unspecified atom stereocenters. The molecule has 1 heterocycles. The van der Waals surface area contributed by atoms with Crippen LogP contribution >= 0.6 is 11.8 Å². The molecule has 1 aliphatic carbocycles. The SMILES string of the molecule is N=C(N)c1ccc(Sc2nnnn2C2CC2)cc1. The highest BCUT2D eigenvalue weighted by molar-refractivity contribution is 7.99. The van der Waals surface area contributed by atoms with Gasteiger partial charge in [-0.05, 0) is 47.2 Å². The molecule has 0 amide bonds. The van der Waals surface area contributed by atoms with Crippen molar-refractivity contribution in [1.29, 1.82) is 5.41 Å². The molecule has 1 fully saturated rings. The van der Waals surface area contributed by atoms with Crippen LogP contribution in [0.2, 0.25) is 0 Å². The van der Waals surface area contributed by atoms with Crippen LogP contribution in [0.5, 0.6) is 0 Å². The van der Waals surface area contributed by atoms with E-state index in [2.05, 4.69) is 15.5 Å². The third-order valence-electron chi connectivity index (χ3n) is 2.73. The summed E-state index contributed by atoms with van der Waals surface area (Å²) in [6.45, 7) is 0. The highest BCUT2D eigenvalue weighted by Gasteiger charge is 2.27. The summed E-state index contributed by atoms with van der Waals surface area (Å²) in [5.41, 5.74) is 6.14. The van der Waals surface area contributed by atoms with Crippen LogP contribution in [0.4, 0.5) is 0 Å². The highest BCUT2D eigenvalue weighted by Crippen LogP contribution is 2.37. The molecule has 1 aromatic heterocycles. The number of hydrogen-bond acceptors (Lipinski definition) is 5.